The molecule has 0 bridgehead atoms. The Balaban J connectivity index is 1.52. The van der Waals surface area contributed by atoms with Gasteiger partial charge in [-0.2, -0.15) is 4.31 Å². The van der Waals surface area contributed by atoms with Gasteiger partial charge in [0.15, 0.2) is 0 Å². The molecule has 0 spiro atoms. The number of nitrogens with zero attached hydrogens (tertiary/aromatic N) is 3. The molecule has 2 aromatic carbocycles. The van der Waals surface area contributed by atoms with E-state index in [0.29, 0.717) is 16.5 Å². The summed E-state index contributed by atoms with van der Waals surface area (Å²) in [4.78, 5) is 27.5. The van der Waals surface area contributed by atoms with Crippen molar-refractivity contribution in [2.45, 2.75) is 31.1 Å². The molecule has 1 aromatic heterocycles. The Kier molecular flexibility index (Phi) is 5.92. The van der Waals surface area contributed by atoms with Crippen LogP contribution >= 0.6 is 0 Å². The minimum absolute atomic E-state index is 0.0586. The maximum atomic E-state index is 13.2. The number of hydrogen-bond donors (Lipinski definition) is 0. The molecule has 2 heterocycles. The minimum Gasteiger partial charge on any atom is -0.336 e. The fourth-order valence-electron chi connectivity index (χ4n) is 4.17. The first-order chi connectivity index (χ1) is 15.5. The minimum atomic E-state index is -3.64. The maximum absolute atomic E-state index is 13.2. The molecule has 3 aromatic rings. The number of aromatic nitrogens is 1. The van der Waals surface area contributed by atoms with Gasteiger partial charge in [0, 0.05) is 44.7 Å². The Morgan fingerprint density at radius 1 is 0.909 bits per heavy atom. The molecule has 7 nitrogen and oxygen atoms in total. The molecular formula is C25H29N3O4S. The van der Waals surface area contributed by atoms with Crippen LogP contribution in [0.15, 0.2) is 64.3 Å². The van der Waals surface area contributed by atoms with Crippen LogP contribution in [0.4, 0.5) is 0 Å². The summed E-state index contributed by atoms with van der Waals surface area (Å²) in [6.07, 6.45) is 0. The van der Waals surface area contributed by atoms with Crippen molar-refractivity contribution in [1.29, 1.82) is 0 Å². The summed E-state index contributed by atoms with van der Waals surface area (Å²) in [7, 11) is -1.97. The Morgan fingerprint density at radius 3 is 2.12 bits per heavy atom. The number of piperazine rings is 1. The van der Waals surface area contributed by atoms with Crippen molar-refractivity contribution < 1.29 is 13.2 Å². The van der Waals surface area contributed by atoms with Crippen molar-refractivity contribution in [2.24, 2.45) is 7.05 Å². The Bertz CT molecular complexity index is 1360. The highest BCUT2D eigenvalue weighted by Gasteiger charge is 2.31. The van der Waals surface area contributed by atoms with Crippen LogP contribution in [0.3, 0.4) is 0 Å². The van der Waals surface area contributed by atoms with E-state index in [-0.39, 0.29) is 48.0 Å². The highest BCUT2D eigenvalue weighted by Crippen LogP contribution is 2.25. The van der Waals surface area contributed by atoms with Crippen molar-refractivity contribution in [3.63, 3.8) is 0 Å². The van der Waals surface area contributed by atoms with Crippen LogP contribution in [0.1, 0.15) is 36.7 Å². The van der Waals surface area contributed by atoms with Crippen LogP contribution in [0.5, 0.6) is 0 Å². The van der Waals surface area contributed by atoms with E-state index < -0.39 is 10.0 Å². The molecule has 0 radical (unpaired) electrons. The first-order valence-electron chi connectivity index (χ1n) is 11.0. The number of pyridine rings is 1. The number of hydrogen-bond acceptors (Lipinski definition) is 4. The highest BCUT2D eigenvalue weighted by molar-refractivity contribution is 7.89. The Hall–Kier alpha value is -2.97. The number of para-hydroxylation sites is 1. The van der Waals surface area contributed by atoms with Gasteiger partial charge in [-0.25, -0.2) is 8.42 Å². The molecule has 4 rings (SSSR count). The lowest BCUT2D eigenvalue weighted by molar-refractivity contribution is 0.0699. The molecule has 0 unspecified atom stereocenters. The van der Waals surface area contributed by atoms with Crippen LogP contribution in [0.25, 0.3) is 10.9 Å². The van der Waals surface area contributed by atoms with E-state index in [9.17, 15) is 18.0 Å². The number of amides is 1. The topological polar surface area (TPSA) is 79.7 Å². The van der Waals surface area contributed by atoms with E-state index in [1.165, 1.54) is 14.9 Å². The van der Waals surface area contributed by atoms with E-state index in [0.717, 1.165) is 5.56 Å². The second-order valence-electron chi connectivity index (χ2n) is 9.44. The standard InChI is InChI=1S/C25H29N3O4S/c1-25(2,3)18-9-11-19(12-10-18)33(31,32)28-15-13-27(14-16-28)24(30)21-17-23(29)26(4)22-8-6-5-7-20(21)22/h5-12,17H,13-16H2,1-4H3. The fraction of sp³-hybridized carbons (Fsp3) is 0.360. The number of benzene rings is 2. The predicted molar refractivity (Wildman–Crippen MR) is 129 cm³/mol. The summed E-state index contributed by atoms with van der Waals surface area (Å²) in [6.45, 7) is 7.19. The predicted octanol–water partition coefficient (Wildman–Crippen LogP) is 2.98. The number of aryl methyl sites for hydroxylation is 1. The van der Waals surface area contributed by atoms with Gasteiger partial charge < -0.3 is 9.47 Å². The molecule has 1 aliphatic rings. The van der Waals surface area contributed by atoms with Crippen molar-refractivity contribution in [3.8, 4) is 0 Å². The summed E-state index contributed by atoms with van der Waals surface area (Å²) in [6, 6.07) is 15.7. The van der Waals surface area contributed by atoms with Crippen LogP contribution in [-0.4, -0.2) is 54.3 Å². The van der Waals surface area contributed by atoms with Crippen molar-refractivity contribution >= 4 is 26.8 Å². The molecule has 1 fully saturated rings. The lowest BCUT2D eigenvalue weighted by atomic mass is 9.87. The summed E-state index contributed by atoms with van der Waals surface area (Å²) in [5.41, 5.74) is 1.79. The Labute approximate surface area is 194 Å². The SMILES string of the molecule is Cn1c(=O)cc(C(=O)N2CCN(S(=O)(=O)c3ccc(C(C)(C)C)cc3)CC2)c2ccccc21. The summed E-state index contributed by atoms with van der Waals surface area (Å²) in [5, 5.41) is 0.707. The molecule has 1 saturated heterocycles. The van der Waals surface area contributed by atoms with Crippen LogP contribution in [0.2, 0.25) is 0 Å². The van der Waals surface area contributed by atoms with Crippen molar-refractivity contribution in [1.82, 2.24) is 13.8 Å². The van der Waals surface area contributed by atoms with Crippen LogP contribution in [-0.2, 0) is 22.5 Å². The summed E-state index contributed by atoms with van der Waals surface area (Å²) >= 11 is 0. The van der Waals surface area contributed by atoms with Gasteiger partial charge in [0.25, 0.3) is 11.5 Å². The van der Waals surface area contributed by atoms with Gasteiger partial charge >= 0.3 is 0 Å². The van der Waals surface area contributed by atoms with E-state index in [4.69, 9.17) is 0 Å². The zero-order valence-electron chi connectivity index (χ0n) is 19.4. The molecule has 0 saturated carbocycles. The van der Waals surface area contributed by atoms with Gasteiger partial charge in [-0.1, -0.05) is 51.1 Å². The molecule has 1 amide bonds. The average molecular weight is 468 g/mol. The van der Waals surface area contributed by atoms with Gasteiger partial charge in [-0.05, 0) is 29.2 Å². The van der Waals surface area contributed by atoms with Crippen molar-refractivity contribution in [3.05, 3.63) is 76.1 Å². The van der Waals surface area contributed by atoms with E-state index >= 15 is 0 Å². The Morgan fingerprint density at radius 2 is 1.52 bits per heavy atom. The number of fused-ring (bicyclic) bond motifs is 1. The molecule has 8 heteroatoms. The summed E-state index contributed by atoms with van der Waals surface area (Å²) in [5.74, 6) is -0.254. The number of carbonyl (C=O) groups excluding carboxylic acids is 1. The van der Waals surface area contributed by atoms with Crippen molar-refractivity contribution in [2.75, 3.05) is 26.2 Å². The molecule has 0 N–H and O–H groups in total. The first-order valence-corrected chi connectivity index (χ1v) is 12.4. The fourth-order valence-corrected chi connectivity index (χ4v) is 5.59. The molecular weight excluding hydrogens is 438 g/mol. The normalized spacial score (nSPS) is 15.7. The average Bonchev–Trinajstić information content (AvgIpc) is 2.80. The van der Waals surface area contributed by atoms with Gasteiger partial charge in [0.05, 0.1) is 16.0 Å². The lowest BCUT2D eigenvalue weighted by Crippen LogP contribution is -2.50. The third-order valence-electron chi connectivity index (χ3n) is 6.27. The third-order valence-corrected chi connectivity index (χ3v) is 8.18. The van der Waals surface area contributed by atoms with E-state index in [1.807, 2.05) is 36.4 Å². The summed E-state index contributed by atoms with van der Waals surface area (Å²) < 4.78 is 29.2. The zero-order chi connectivity index (χ0) is 24.0. The molecule has 33 heavy (non-hydrogen) atoms. The molecule has 0 aliphatic carbocycles. The molecule has 1 aliphatic heterocycles. The second-order valence-corrected chi connectivity index (χ2v) is 11.4. The molecule has 0 atom stereocenters. The van der Waals surface area contributed by atoms with E-state index in [1.54, 1.807) is 24.1 Å². The first kappa shape index (κ1) is 23.2. The van der Waals surface area contributed by atoms with Gasteiger partial charge in [0.2, 0.25) is 10.0 Å². The van der Waals surface area contributed by atoms with Gasteiger partial charge in [-0.3, -0.25) is 9.59 Å². The highest BCUT2D eigenvalue weighted by atomic mass is 32.2. The monoisotopic (exact) mass is 467 g/mol. The smallest absolute Gasteiger partial charge is 0.254 e. The maximum Gasteiger partial charge on any atom is 0.254 e. The van der Waals surface area contributed by atoms with Gasteiger partial charge in [0.1, 0.15) is 0 Å². The van der Waals surface area contributed by atoms with Gasteiger partial charge in [-0.15, -0.1) is 0 Å². The quantitative estimate of drug-likeness (QED) is 0.593. The molecule has 174 valence electrons. The number of carbonyl (C=O) groups is 1. The van der Waals surface area contributed by atoms with Crippen LogP contribution < -0.4 is 5.56 Å². The largest absolute Gasteiger partial charge is 0.336 e. The second kappa shape index (κ2) is 8.43. The third kappa shape index (κ3) is 4.32. The number of rotatable bonds is 3. The van der Waals surface area contributed by atoms with Crippen LogP contribution in [0, 0.1) is 0 Å². The number of sulfonamides is 1. The zero-order valence-corrected chi connectivity index (χ0v) is 20.2. The lowest BCUT2D eigenvalue weighted by Gasteiger charge is -2.34. The van der Waals surface area contributed by atoms with E-state index in [2.05, 4.69) is 20.8 Å².